The highest BCUT2D eigenvalue weighted by molar-refractivity contribution is 6.03. The van der Waals surface area contributed by atoms with E-state index >= 15 is 0 Å². The van der Waals surface area contributed by atoms with Crippen molar-refractivity contribution >= 4 is 22.7 Å². The fourth-order valence-corrected chi connectivity index (χ4v) is 6.32. The standard InChI is InChI=1S/C29H43N5O2/c1-29(28(36)30-24-12-6-4-3-5-7-13-24)22-33-25-14-9-8-11-23(25)21-26(33)27(35)34(29)16-10-15-32-19-17-31(2)18-20-32/h8-9,11,14,21,24H,3-7,10,12-13,15-20,22H2,1-2H3,(H,30,36). The van der Waals surface area contributed by atoms with Crippen LogP contribution < -0.4 is 5.32 Å². The second-order valence-electron chi connectivity index (χ2n) is 11.4. The van der Waals surface area contributed by atoms with Gasteiger partial charge in [0.05, 0.1) is 6.54 Å². The molecule has 0 spiro atoms. The van der Waals surface area contributed by atoms with Gasteiger partial charge in [0.15, 0.2) is 0 Å². The molecule has 7 heteroatoms. The minimum absolute atomic E-state index is 0.00412. The maximum absolute atomic E-state index is 14.0. The number of likely N-dealkylation sites (N-methyl/N-ethyl adjacent to an activating group) is 1. The molecule has 3 heterocycles. The maximum atomic E-state index is 14.0. The number of piperazine rings is 1. The van der Waals surface area contributed by atoms with Gasteiger partial charge in [0, 0.05) is 49.7 Å². The number of benzene rings is 1. The molecule has 3 aliphatic rings. The molecule has 36 heavy (non-hydrogen) atoms. The number of carbonyl (C=O) groups excluding carboxylic acids is 2. The minimum atomic E-state index is -0.906. The zero-order valence-corrected chi connectivity index (χ0v) is 22.2. The summed E-state index contributed by atoms with van der Waals surface area (Å²) in [5.74, 6) is -0.0180. The van der Waals surface area contributed by atoms with E-state index in [-0.39, 0.29) is 17.9 Å². The van der Waals surface area contributed by atoms with E-state index in [0.717, 1.165) is 62.9 Å². The van der Waals surface area contributed by atoms with Crippen LogP contribution in [0.25, 0.3) is 10.9 Å². The van der Waals surface area contributed by atoms with Gasteiger partial charge in [-0.2, -0.15) is 0 Å². The highest BCUT2D eigenvalue weighted by Gasteiger charge is 2.47. The average molecular weight is 494 g/mol. The van der Waals surface area contributed by atoms with Gasteiger partial charge in [-0.3, -0.25) is 9.59 Å². The molecule has 2 aromatic rings. The molecule has 196 valence electrons. The highest BCUT2D eigenvalue weighted by atomic mass is 16.2. The molecule has 7 nitrogen and oxygen atoms in total. The van der Waals surface area contributed by atoms with E-state index in [0.29, 0.717) is 18.8 Å². The van der Waals surface area contributed by atoms with Crippen LogP contribution in [0.2, 0.25) is 0 Å². The Hall–Kier alpha value is -2.38. The zero-order chi connectivity index (χ0) is 25.1. The first kappa shape index (κ1) is 25.3. The summed E-state index contributed by atoms with van der Waals surface area (Å²) in [6.07, 6.45) is 9.09. The number of rotatable bonds is 6. The Bertz CT molecular complexity index is 1060. The van der Waals surface area contributed by atoms with Crippen molar-refractivity contribution in [2.24, 2.45) is 0 Å². The molecule has 2 aliphatic heterocycles. The second kappa shape index (κ2) is 10.9. The van der Waals surface area contributed by atoms with Crippen LogP contribution in [0.1, 0.15) is 68.8 Å². The third-order valence-electron chi connectivity index (χ3n) is 8.72. The van der Waals surface area contributed by atoms with Crippen LogP contribution in [-0.2, 0) is 11.3 Å². The first-order chi connectivity index (χ1) is 17.5. The van der Waals surface area contributed by atoms with Gasteiger partial charge >= 0.3 is 0 Å². The summed E-state index contributed by atoms with van der Waals surface area (Å²) in [7, 11) is 2.17. The topological polar surface area (TPSA) is 60.8 Å². The van der Waals surface area contributed by atoms with Gasteiger partial charge < -0.3 is 24.6 Å². The van der Waals surface area contributed by atoms with E-state index in [4.69, 9.17) is 0 Å². The van der Waals surface area contributed by atoms with Crippen LogP contribution in [0, 0.1) is 0 Å². The Morgan fingerprint density at radius 2 is 1.69 bits per heavy atom. The lowest BCUT2D eigenvalue weighted by Crippen LogP contribution is -2.65. The summed E-state index contributed by atoms with van der Waals surface area (Å²) in [6.45, 7) is 8.35. The van der Waals surface area contributed by atoms with E-state index in [9.17, 15) is 9.59 Å². The zero-order valence-electron chi connectivity index (χ0n) is 22.2. The van der Waals surface area contributed by atoms with Crippen molar-refractivity contribution < 1.29 is 9.59 Å². The van der Waals surface area contributed by atoms with Gasteiger partial charge in [-0.25, -0.2) is 0 Å². The number of fused-ring (bicyclic) bond motifs is 3. The van der Waals surface area contributed by atoms with Crippen LogP contribution >= 0.6 is 0 Å². The molecule has 1 saturated heterocycles. The molecule has 5 rings (SSSR count). The number of hydrogen-bond donors (Lipinski definition) is 1. The number of nitrogens with zero attached hydrogens (tertiary/aromatic N) is 4. The number of para-hydroxylation sites is 1. The largest absolute Gasteiger partial charge is 0.351 e. The second-order valence-corrected chi connectivity index (χ2v) is 11.4. The monoisotopic (exact) mass is 493 g/mol. The molecule has 0 radical (unpaired) electrons. The van der Waals surface area contributed by atoms with Crippen LogP contribution in [0.15, 0.2) is 30.3 Å². The molecule has 1 saturated carbocycles. The highest BCUT2D eigenvalue weighted by Crippen LogP contribution is 2.33. The van der Waals surface area contributed by atoms with Crippen molar-refractivity contribution in [2.45, 2.75) is 76.4 Å². The summed E-state index contributed by atoms with van der Waals surface area (Å²) in [6, 6.07) is 10.3. The SMILES string of the molecule is CN1CCN(CCCN2C(=O)c3cc4ccccc4n3CC2(C)C(=O)NC2CCCCCCC2)CC1. The van der Waals surface area contributed by atoms with Gasteiger partial charge in [-0.1, -0.05) is 50.3 Å². The molecule has 1 N–H and O–H groups in total. The fraction of sp³-hybridized carbons (Fsp3) is 0.655. The van der Waals surface area contributed by atoms with Gasteiger partial charge in [0.25, 0.3) is 5.91 Å². The Labute approximate surface area is 215 Å². The van der Waals surface area contributed by atoms with E-state index < -0.39 is 5.54 Å². The molecular weight excluding hydrogens is 450 g/mol. The van der Waals surface area contributed by atoms with Crippen molar-refractivity contribution in [1.29, 1.82) is 0 Å². The Morgan fingerprint density at radius 3 is 2.44 bits per heavy atom. The van der Waals surface area contributed by atoms with Crippen LogP contribution in [-0.4, -0.2) is 89.0 Å². The predicted molar refractivity (Wildman–Crippen MR) is 144 cm³/mol. The fourth-order valence-electron chi connectivity index (χ4n) is 6.32. The van der Waals surface area contributed by atoms with Crippen molar-refractivity contribution in [3.8, 4) is 0 Å². The molecule has 1 aromatic heterocycles. The molecule has 2 fully saturated rings. The van der Waals surface area contributed by atoms with Gasteiger partial charge in [-0.15, -0.1) is 0 Å². The molecule has 1 aromatic carbocycles. The third kappa shape index (κ3) is 5.18. The summed E-state index contributed by atoms with van der Waals surface area (Å²) >= 11 is 0. The molecular formula is C29H43N5O2. The van der Waals surface area contributed by atoms with Crippen molar-refractivity contribution in [3.63, 3.8) is 0 Å². The Morgan fingerprint density at radius 1 is 1.00 bits per heavy atom. The summed E-state index contributed by atoms with van der Waals surface area (Å²) < 4.78 is 2.08. The Kier molecular flexibility index (Phi) is 7.68. The molecule has 1 aliphatic carbocycles. The quantitative estimate of drug-likeness (QED) is 0.666. The first-order valence-electron chi connectivity index (χ1n) is 14.1. The van der Waals surface area contributed by atoms with E-state index in [1.807, 2.05) is 30.0 Å². The van der Waals surface area contributed by atoms with Gasteiger partial charge in [-0.05, 0) is 51.9 Å². The first-order valence-corrected chi connectivity index (χ1v) is 14.1. The van der Waals surface area contributed by atoms with Crippen LogP contribution in [0.5, 0.6) is 0 Å². The molecule has 1 unspecified atom stereocenters. The summed E-state index contributed by atoms with van der Waals surface area (Å²) in [4.78, 5) is 34.6. The normalized spacial score (nSPS) is 24.9. The minimum Gasteiger partial charge on any atom is -0.351 e. The number of hydrogen-bond acceptors (Lipinski definition) is 4. The smallest absolute Gasteiger partial charge is 0.271 e. The third-order valence-corrected chi connectivity index (χ3v) is 8.72. The summed E-state index contributed by atoms with van der Waals surface area (Å²) in [5.41, 5.74) is 0.825. The van der Waals surface area contributed by atoms with Crippen molar-refractivity contribution in [2.75, 3.05) is 46.3 Å². The van der Waals surface area contributed by atoms with Gasteiger partial charge in [0.2, 0.25) is 5.91 Å². The predicted octanol–water partition coefficient (Wildman–Crippen LogP) is 3.72. The average Bonchev–Trinajstić information content (AvgIpc) is 3.22. The molecule has 0 bridgehead atoms. The van der Waals surface area contributed by atoms with E-state index in [2.05, 4.69) is 38.9 Å². The van der Waals surface area contributed by atoms with Crippen molar-refractivity contribution in [3.05, 3.63) is 36.0 Å². The lowest BCUT2D eigenvalue weighted by atomic mass is 9.92. The number of carbonyl (C=O) groups is 2. The molecule has 2 amide bonds. The summed E-state index contributed by atoms with van der Waals surface area (Å²) in [5, 5.41) is 4.46. The maximum Gasteiger partial charge on any atom is 0.271 e. The lowest BCUT2D eigenvalue weighted by Gasteiger charge is -2.45. The van der Waals surface area contributed by atoms with E-state index in [1.54, 1.807) is 0 Å². The van der Waals surface area contributed by atoms with Crippen molar-refractivity contribution in [1.82, 2.24) is 24.6 Å². The van der Waals surface area contributed by atoms with Crippen LogP contribution in [0.4, 0.5) is 0 Å². The number of amides is 2. The number of aromatic nitrogens is 1. The molecule has 1 atom stereocenters. The number of nitrogens with one attached hydrogen (secondary N) is 1. The van der Waals surface area contributed by atoms with Gasteiger partial charge in [0.1, 0.15) is 11.2 Å². The Balaban J connectivity index is 1.37. The lowest BCUT2D eigenvalue weighted by molar-refractivity contribution is -0.133. The van der Waals surface area contributed by atoms with Crippen LogP contribution in [0.3, 0.4) is 0 Å². The van der Waals surface area contributed by atoms with E-state index in [1.165, 1.54) is 32.1 Å².